The summed E-state index contributed by atoms with van der Waals surface area (Å²) in [5.74, 6) is -0.190. The molecule has 0 unspecified atom stereocenters. The molecule has 0 aromatic heterocycles. The number of rotatable bonds is 6. The largest absolute Gasteiger partial charge is 0.422 e. The number of unbranched alkanes of at least 4 members (excludes halogenated alkanes) is 1. The van der Waals surface area contributed by atoms with E-state index in [-0.39, 0.29) is 5.57 Å². The van der Waals surface area contributed by atoms with Crippen LogP contribution in [0.4, 0.5) is 0 Å². The molecule has 0 aliphatic carbocycles. The van der Waals surface area contributed by atoms with Gasteiger partial charge in [0.25, 0.3) is 0 Å². The highest BCUT2D eigenvalue weighted by atomic mass is 16.5. The topological polar surface area (TPSA) is 50.1 Å². The lowest BCUT2D eigenvalue weighted by Gasteiger charge is -2.05. The molecule has 3 nitrogen and oxygen atoms in total. The van der Waals surface area contributed by atoms with Gasteiger partial charge >= 0.3 is 5.97 Å². The second-order valence-corrected chi connectivity index (χ2v) is 5.72. The summed E-state index contributed by atoms with van der Waals surface area (Å²) in [5, 5.41) is 9.21. The summed E-state index contributed by atoms with van der Waals surface area (Å²) in [6.07, 6.45) is 4.84. The van der Waals surface area contributed by atoms with Gasteiger partial charge < -0.3 is 4.74 Å². The lowest BCUT2D eigenvalue weighted by molar-refractivity contribution is -0.129. The Morgan fingerprint density at radius 2 is 1.79 bits per heavy atom. The molecule has 0 atom stereocenters. The van der Waals surface area contributed by atoms with Crippen LogP contribution in [0.5, 0.6) is 5.75 Å². The van der Waals surface area contributed by atoms with Crippen LogP contribution in [-0.2, 0) is 11.2 Å². The zero-order valence-electron chi connectivity index (χ0n) is 14.1. The molecule has 0 spiro atoms. The van der Waals surface area contributed by atoms with E-state index in [1.54, 1.807) is 12.1 Å². The first-order valence-electron chi connectivity index (χ1n) is 8.12. The third-order valence-electron chi connectivity index (χ3n) is 3.68. The number of carbonyl (C=O) groups excluding carboxylic acids is 1. The number of benzene rings is 2. The fourth-order valence-corrected chi connectivity index (χ4v) is 2.23. The smallest absolute Gasteiger partial charge is 0.354 e. The number of nitrogens with zero attached hydrogens (tertiary/aromatic N) is 1. The van der Waals surface area contributed by atoms with Crippen molar-refractivity contribution >= 4 is 12.0 Å². The van der Waals surface area contributed by atoms with Crippen molar-refractivity contribution in [3.8, 4) is 11.8 Å². The van der Waals surface area contributed by atoms with Crippen molar-refractivity contribution in [3.05, 3.63) is 70.8 Å². The van der Waals surface area contributed by atoms with Gasteiger partial charge in [0.05, 0.1) is 0 Å². The molecule has 3 heteroatoms. The van der Waals surface area contributed by atoms with Crippen LogP contribution in [0.2, 0.25) is 0 Å². The van der Waals surface area contributed by atoms with E-state index in [9.17, 15) is 10.1 Å². The van der Waals surface area contributed by atoms with Gasteiger partial charge in [0, 0.05) is 0 Å². The number of nitriles is 1. The van der Waals surface area contributed by atoms with Crippen molar-refractivity contribution in [2.75, 3.05) is 0 Å². The monoisotopic (exact) mass is 319 g/mol. The second kappa shape index (κ2) is 8.69. The molecule has 0 heterocycles. The highest BCUT2D eigenvalue weighted by Gasteiger charge is 2.12. The van der Waals surface area contributed by atoms with Crippen LogP contribution in [0.3, 0.4) is 0 Å². The molecule has 0 radical (unpaired) electrons. The Morgan fingerprint density at radius 3 is 2.38 bits per heavy atom. The molecule has 0 aliphatic heterocycles. The van der Waals surface area contributed by atoms with Crippen LogP contribution >= 0.6 is 0 Å². The van der Waals surface area contributed by atoms with Gasteiger partial charge in [-0.05, 0) is 49.1 Å². The van der Waals surface area contributed by atoms with E-state index in [1.807, 2.05) is 49.4 Å². The predicted octanol–water partition coefficient (Wildman–Crippen LogP) is 4.85. The van der Waals surface area contributed by atoms with Gasteiger partial charge in [-0.25, -0.2) is 4.79 Å². The molecule has 0 fully saturated rings. The number of aryl methyl sites for hydroxylation is 2. The SMILES string of the molecule is CCCCc1ccc(OC(=O)C(C#N)=Cc2ccc(C)cc2)cc1. The maximum absolute atomic E-state index is 12.2. The van der Waals surface area contributed by atoms with Crippen molar-refractivity contribution in [1.29, 1.82) is 5.26 Å². The Morgan fingerprint density at radius 1 is 1.12 bits per heavy atom. The van der Waals surface area contributed by atoms with E-state index in [0.717, 1.165) is 30.4 Å². The Balaban J connectivity index is 2.06. The molecule has 2 rings (SSSR count). The van der Waals surface area contributed by atoms with Crippen LogP contribution in [0.1, 0.15) is 36.5 Å². The Labute approximate surface area is 143 Å². The molecule has 0 amide bonds. The van der Waals surface area contributed by atoms with Crippen molar-refractivity contribution in [2.45, 2.75) is 33.1 Å². The van der Waals surface area contributed by atoms with Gasteiger partial charge in [0.15, 0.2) is 0 Å². The number of carbonyl (C=O) groups is 1. The molecule has 0 aliphatic rings. The number of hydrogen-bond acceptors (Lipinski definition) is 3. The minimum absolute atomic E-state index is 0.0195. The van der Waals surface area contributed by atoms with Crippen molar-refractivity contribution in [1.82, 2.24) is 0 Å². The zero-order chi connectivity index (χ0) is 17.4. The molecule has 0 bridgehead atoms. The van der Waals surface area contributed by atoms with Crippen LogP contribution in [0.25, 0.3) is 6.08 Å². The molecule has 2 aromatic carbocycles. The van der Waals surface area contributed by atoms with Crippen LogP contribution in [-0.4, -0.2) is 5.97 Å². The number of esters is 1. The van der Waals surface area contributed by atoms with Crippen molar-refractivity contribution < 1.29 is 9.53 Å². The minimum atomic E-state index is -0.639. The summed E-state index contributed by atoms with van der Waals surface area (Å²) in [4.78, 5) is 12.2. The van der Waals surface area contributed by atoms with Crippen LogP contribution in [0.15, 0.2) is 54.1 Å². The van der Waals surface area contributed by atoms with E-state index in [4.69, 9.17) is 4.74 Å². The van der Waals surface area contributed by atoms with Crippen molar-refractivity contribution in [3.63, 3.8) is 0 Å². The quantitative estimate of drug-likeness (QED) is 0.331. The summed E-state index contributed by atoms with van der Waals surface area (Å²) in [5.41, 5.74) is 3.11. The van der Waals surface area contributed by atoms with E-state index < -0.39 is 5.97 Å². The normalized spacial score (nSPS) is 11.0. The zero-order valence-corrected chi connectivity index (χ0v) is 14.1. The number of ether oxygens (including phenoxy) is 1. The molecule has 0 saturated carbocycles. The standard InChI is InChI=1S/C21H21NO2/c1-3-4-5-17-10-12-20(13-11-17)24-21(23)19(15-22)14-18-8-6-16(2)7-9-18/h6-14H,3-5H2,1-2H3. The van der Waals surface area contributed by atoms with E-state index in [2.05, 4.69) is 6.92 Å². The molecule has 122 valence electrons. The summed E-state index contributed by atoms with van der Waals surface area (Å²) in [6.45, 7) is 4.14. The summed E-state index contributed by atoms with van der Waals surface area (Å²) in [7, 11) is 0. The number of hydrogen-bond donors (Lipinski definition) is 0. The summed E-state index contributed by atoms with van der Waals surface area (Å²) in [6, 6.07) is 16.9. The first-order valence-corrected chi connectivity index (χ1v) is 8.12. The van der Waals surface area contributed by atoms with E-state index in [1.165, 1.54) is 11.6 Å². The average Bonchev–Trinajstić information content (AvgIpc) is 2.60. The fourth-order valence-electron chi connectivity index (χ4n) is 2.23. The minimum Gasteiger partial charge on any atom is -0.422 e. The van der Waals surface area contributed by atoms with Gasteiger partial charge in [-0.2, -0.15) is 5.26 Å². The predicted molar refractivity (Wildman–Crippen MR) is 95.5 cm³/mol. The van der Waals surface area contributed by atoms with Gasteiger partial charge in [-0.3, -0.25) is 0 Å². The average molecular weight is 319 g/mol. The lowest BCUT2D eigenvalue weighted by atomic mass is 10.1. The molecular formula is C21H21NO2. The van der Waals surface area contributed by atoms with Crippen LogP contribution in [0, 0.1) is 18.3 Å². The maximum Gasteiger partial charge on any atom is 0.354 e. The highest BCUT2D eigenvalue weighted by molar-refractivity contribution is 5.99. The Kier molecular flexibility index (Phi) is 6.33. The van der Waals surface area contributed by atoms with Gasteiger partial charge in [-0.15, -0.1) is 0 Å². The summed E-state index contributed by atoms with van der Waals surface area (Å²) < 4.78 is 5.29. The van der Waals surface area contributed by atoms with Gasteiger partial charge in [0.1, 0.15) is 17.4 Å². The second-order valence-electron chi connectivity index (χ2n) is 5.72. The molecule has 0 N–H and O–H groups in total. The molecule has 0 saturated heterocycles. The first-order chi connectivity index (χ1) is 11.6. The van der Waals surface area contributed by atoms with Gasteiger partial charge in [0.2, 0.25) is 0 Å². The van der Waals surface area contributed by atoms with Gasteiger partial charge in [-0.1, -0.05) is 55.3 Å². The maximum atomic E-state index is 12.2. The molecule has 2 aromatic rings. The lowest BCUT2D eigenvalue weighted by Crippen LogP contribution is -2.10. The summed E-state index contributed by atoms with van der Waals surface area (Å²) >= 11 is 0. The highest BCUT2D eigenvalue weighted by Crippen LogP contribution is 2.16. The third kappa shape index (κ3) is 5.10. The van der Waals surface area contributed by atoms with E-state index >= 15 is 0 Å². The Hall–Kier alpha value is -2.86. The fraction of sp³-hybridized carbons (Fsp3) is 0.238. The van der Waals surface area contributed by atoms with E-state index in [0.29, 0.717) is 5.75 Å². The third-order valence-corrected chi connectivity index (χ3v) is 3.68. The molecular weight excluding hydrogens is 298 g/mol. The first kappa shape index (κ1) is 17.5. The Bertz CT molecular complexity index is 750. The molecule has 24 heavy (non-hydrogen) atoms. The van der Waals surface area contributed by atoms with Crippen LogP contribution < -0.4 is 4.74 Å². The van der Waals surface area contributed by atoms with Crippen molar-refractivity contribution in [2.24, 2.45) is 0 Å².